The Morgan fingerprint density at radius 1 is 1.23 bits per heavy atom. The van der Waals surface area contributed by atoms with Gasteiger partial charge in [-0.25, -0.2) is 0 Å². The molecule has 2 saturated carbocycles. The quantitative estimate of drug-likeness (QED) is 0.876. The highest BCUT2D eigenvalue weighted by Gasteiger charge is 2.50. The van der Waals surface area contributed by atoms with Crippen LogP contribution in [0.25, 0.3) is 0 Å². The summed E-state index contributed by atoms with van der Waals surface area (Å²) in [4.78, 5) is 27.2. The fraction of sp³-hybridized carbons (Fsp3) is 0.750. The Morgan fingerprint density at radius 2 is 2.08 bits per heavy atom. The van der Waals surface area contributed by atoms with Crippen LogP contribution < -0.4 is 5.32 Å². The van der Waals surface area contributed by atoms with Crippen LogP contribution in [0.3, 0.4) is 0 Å². The third kappa shape index (κ3) is 3.38. The van der Waals surface area contributed by atoms with E-state index in [0.717, 1.165) is 32.2 Å². The Labute approximate surface area is 154 Å². The molecule has 3 fully saturated rings. The number of rotatable bonds is 5. The highest BCUT2D eigenvalue weighted by Crippen LogP contribution is 2.48. The summed E-state index contributed by atoms with van der Waals surface area (Å²) in [5, 5.41) is 6.65. The van der Waals surface area contributed by atoms with Gasteiger partial charge in [0.25, 0.3) is 5.91 Å². The monoisotopic (exact) mass is 359 g/mol. The molecule has 2 amide bonds. The van der Waals surface area contributed by atoms with E-state index in [-0.39, 0.29) is 23.1 Å². The molecular formula is C20H29N3O3. The SMILES string of the molecule is O=C(NC[C@@]12CCC[C@H]1N(CC1CCCCC1)C(=O)CC2)c1ccno1. The van der Waals surface area contributed by atoms with Crippen LogP contribution in [0.4, 0.5) is 0 Å². The second kappa shape index (κ2) is 7.41. The minimum atomic E-state index is -0.210. The van der Waals surface area contributed by atoms with Crippen molar-refractivity contribution in [2.75, 3.05) is 13.1 Å². The Bertz CT molecular complexity index is 639. The van der Waals surface area contributed by atoms with Crippen molar-refractivity contribution in [3.63, 3.8) is 0 Å². The van der Waals surface area contributed by atoms with Gasteiger partial charge in [0.05, 0.1) is 6.20 Å². The summed E-state index contributed by atoms with van der Waals surface area (Å²) in [6.07, 6.45) is 12.7. The van der Waals surface area contributed by atoms with Gasteiger partial charge in [0.1, 0.15) is 0 Å². The zero-order valence-corrected chi connectivity index (χ0v) is 15.4. The molecule has 1 aromatic heterocycles. The molecule has 2 atom stereocenters. The van der Waals surface area contributed by atoms with Gasteiger partial charge in [0, 0.05) is 37.0 Å². The van der Waals surface area contributed by atoms with Crippen molar-refractivity contribution >= 4 is 11.8 Å². The van der Waals surface area contributed by atoms with Crippen molar-refractivity contribution < 1.29 is 14.1 Å². The Morgan fingerprint density at radius 3 is 2.85 bits per heavy atom. The number of piperidine rings is 1. The molecule has 6 nitrogen and oxygen atoms in total. The van der Waals surface area contributed by atoms with E-state index in [1.807, 2.05) is 0 Å². The van der Waals surface area contributed by atoms with Crippen molar-refractivity contribution in [3.05, 3.63) is 18.0 Å². The number of carbonyl (C=O) groups excluding carboxylic acids is 2. The Hall–Kier alpha value is -1.85. The van der Waals surface area contributed by atoms with Crippen LogP contribution in [0.2, 0.25) is 0 Å². The van der Waals surface area contributed by atoms with Crippen LogP contribution in [0.5, 0.6) is 0 Å². The van der Waals surface area contributed by atoms with Crippen LogP contribution in [-0.4, -0.2) is 41.0 Å². The first-order valence-electron chi connectivity index (χ1n) is 10.2. The summed E-state index contributed by atoms with van der Waals surface area (Å²) in [6.45, 7) is 1.53. The van der Waals surface area contributed by atoms with Crippen LogP contribution in [0.15, 0.2) is 16.8 Å². The molecule has 4 rings (SSSR count). The number of likely N-dealkylation sites (tertiary alicyclic amines) is 1. The lowest BCUT2D eigenvalue weighted by Gasteiger charge is -2.47. The normalized spacial score (nSPS) is 29.6. The van der Waals surface area contributed by atoms with Gasteiger partial charge in [-0.15, -0.1) is 0 Å². The first-order chi connectivity index (χ1) is 12.7. The van der Waals surface area contributed by atoms with E-state index in [4.69, 9.17) is 4.52 Å². The molecule has 142 valence electrons. The molecule has 1 saturated heterocycles. The van der Waals surface area contributed by atoms with Gasteiger partial charge in [0.2, 0.25) is 11.7 Å². The van der Waals surface area contributed by atoms with E-state index >= 15 is 0 Å². The number of carbonyl (C=O) groups is 2. The molecule has 3 aliphatic rings. The maximum Gasteiger partial charge on any atom is 0.289 e. The van der Waals surface area contributed by atoms with Gasteiger partial charge < -0.3 is 14.7 Å². The average Bonchev–Trinajstić information content (AvgIpc) is 3.33. The molecule has 6 heteroatoms. The lowest BCUT2D eigenvalue weighted by molar-refractivity contribution is -0.142. The smallest absolute Gasteiger partial charge is 0.289 e. The molecule has 0 spiro atoms. The summed E-state index contributed by atoms with van der Waals surface area (Å²) >= 11 is 0. The molecule has 1 aliphatic heterocycles. The van der Waals surface area contributed by atoms with E-state index in [2.05, 4.69) is 15.4 Å². The van der Waals surface area contributed by atoms with Gasteiger partial charge in [0.15, 0.2) is 0 Å². The van der Waals surface area contributed by atoms with Crippen LogP contribution in [0, 0.1) is 11.3 Å². The van der Waals surface area contributed by atoms with Crippen molar-refractivity contribution in [1.29, 1.82) is 0 Å². The molecule has 2 heterocycles. The van der Waals surface area contributed by atoms with E-state index in [0.29, 0.717) is 24.8 Å². The number of hydrogen-bond donors (Lipinski definition) is 1. The lowest BCUT2D eigenvalue weighted by atomic mass is 9.74. The second-order valence-electron chi connectivity index (χ2n) is 8.38. The number of fused-ring (bicyclic) bond motifs is 1. The Kier molecular flexibility index (Phi) is 5.00. The van der Waals surface area contributed by atoms with Gasteiger partial charge >= 0.3 is 0 Å². The number of nitrogens with zero attached hydrogens (tertiary/aromatic N) is 2. The third-order valence-corrected chi connectivity index (χ3v) is 6.83. The van der Waals surface area contributed by atoms with Gasteiger partial charge in [-0.3, -0.25) is 9.59 Å². The van der Waals surface area contributed by atoms with Crippen LogP contribution in [0.1, 0.15) is 74.8 Å². The lowest BCUT2D eigenvalue weighted by Crippen LogP contribution is -2.57. The van der Waals surface area contributed by atoms with E-state index in [1.165, 1.54) is 38.3 Å². The maximum absolute atomic E-state index is 12.7. The highest BCUT2D eigenvalue weighted by molar-refractivity contribution is 5.91. The third-order valence-electron chi connectivity index (χ3n) is 6.83. The molecule has 0 aromatic carbocycles. The summed E-state index contributed by atoms with van der Waals surface area (Å²) in [5.74, 6) is 1.02. The zero-order chi connectivity index (χ0) is 18.0. The van der Waals surface area contributed by atoms with Crippen LogP contribution >= 0.6 is 0 Å². The zero-order valence-electron chi connectivity index (χ0n) is 15.4. The second-order valence-corrected chi connectivity index (χ2v) is 8.38. The van der Waals surface area contributed by atoms with Crippen molar-refractivity contribution in [2.24, 2.45) is 11.3 Å². The minimum absolute atomic E-state index is 0.0260. The first kappa shape index (κ1) is 17.6. The van der Waals surface area contributed by atoms with Crippen molar-refractivity contribution in [3.8, 4) is 0 Å². The van der Waals surface area contributed by atoms with E-state index in [9.17, 15) is 9.59 Å². The van der Waals surface area contributed by atoms with Crippen molar-refractivity contribution in [1.82, 2.24) is 15.4 Å². The average molecular weight is 359 g/mol. The fourth-order valence-corrected chi connectivity index (χ4v) is 5.42. The van der Waals surface area contributed by atoms with E-state index < -0.39 is 0 Å². The summed E-state index contributed by atoms with van der Waals surface area (Å²) in [6, 6.07) is 1.86. The predicted molar refractivity (Wildman–Crippen MR) is 96.4 cm³/mol. The first-order valence-corrected chi connectivity index (χ1v) is 10.2. The summed E-state index contributed by atoms with van der Waals surface area (Å²) in [5.41, 5.74) is 0.0260. The fourth-order valence-electron chi connectivity index (χ4n) is 5.42. The van der Waals surface area contributed by atoms with Gasteiger partial charge in [-0.1, -0.05) is 30.8 Å². The standard InChI is InChI=1S/C20H29N3O3/c24-18-8-11-20(14-21-19(25)16-9-12-22-26-16)10-4-7-17(20)23(18)13-15-5-2-1-3-6-15/h9,12,15,17H,1-8,10-11,13-14H2,(H,21,25)/t17-,20+/m1/s1. The highest BCUT2D eigenvalue weighted by atomic mass is 16.5. The number of nitrogens with one attached hydrogen (secondary N) is 1. The minimum Gasteiger partial charge on any atom is -0.351 e. The molecule has 1 N–H and O–H groups in total. The van der Waals surface area contributed by atoms with Crippen molar-refractivity contribution in [2.45, 2.75) is 70.3 Å². The maximum atomic E-state index is 12.7. The van der Waals surface area contributed by atoms with E-state index in [1.54, 1.807) is 6.07 Å². The predicted octanol–water partition coefficient (Wildman–Crippen LogP) is 3.15. The van der Waals surface area contributed by atoms with Crippen LogP contribution in [-0.2, 0) is 4.79 Å². The molecule has 1 aromatic rings. The summed E-state index contributed by atoms with van der Waals surface area (Å²) < 4.78 is 4.96. The largest absolute Gasteiger partial charge is 0.351 e. The molecule has 2 aliphatic carbocycles. The molecule has 0 bridgehead atoms. The van der Waals surface area contributed by atoms with Gasteiger partial charge in [-0.05, 0) is 38.0 Å². The number of aromatic nitrogens is 1. The topological polar surface area (TPSA) is 75.4 Å². The Balaban J connectivity index is 1.44. The molecule has 0 unspecified atom stereocenters. The molecule has 26 heavy (non-hydrogen) atoms. The molecule has 0 radical (unpaired) electrons. The number of hydrogen-bond acceptors (Lipinski definition) is 4. The molecular weight excluding hydrogens is 330 g/mol. The number of amides is 2. The van der Waals surface area contributed by atoms with Gasteiger partial charge in [-0.2, -0.15) is 0 Å². The summed E-state index contributed by atoms with van der Waals surface area (Å²) in [7, 11) is 0.